The van der Waals surface area contributed by atoms with Gasteiger partial charge in [-0.2, -0.15) is 0 Å². The lowest BCUT2D eigenvalue weighted by Gasteiger charge is -2.31. The Balaban J connectivity index is 2.06. The molecule has 3 rings (SSSR count). The summed E-state index contributed by atoms with van der Waals surface area (Å²) in [5.41, 5.74) is 4.34. The Morgan fingerprint density at radius 1 is 1.35 bits per heavy atom. The Morgan fingerprint density at radius 3 is 2.70 bits per heavy atom. The summed E-state index contributed by atoms with van der Waals surface area (Å²) >= 11 is 0. The number of hydrogen-bond acceptors (Lipinski definition) is 4. The van der Waals surface area contributed by atoms with Crippen LogP contribution in [0.15, 0.2) is 6.07 Å². The van der Waals surface area contributed by atoms with Crippen LogP contribution in [0.4, 0.5) is 0 Å². The van der Waals surface area contributed by atoms with E-state index in [9.17, 15) is 9.59 Å². The van der Waals surface area contributed by atoms with Crippen molar-refractivity contribution in [2.45, 2.75) is 53.6 Å². The van der Waals surface area contributed by atoms with Gasteiger partial charge in [0.1, 0.15) is 11.9 Å². The molecule has 1 aliphatic carbocycles. The van der Waals surface area contributed by atoms with Crippen molar-refractivity contribution in [1.82, 2.24) is 0 Å². The van der Waals surface area contributed by atoms with Gasteiger partial charge in [0.15, 0.2) is 0 Å². The SMILES string of the molecule is Cc1cc(OC(=O)C(C)C)c(C)c2c1CC[C@H]1[C@H](C)C(=O)O[C@@H]21. The van der Waals surface area contributed by atoms with Gasteiger partial charge >= 0.3 is 11.9 Å². The molecule has 0 amide bonds. The van der Waals surface area contributed by atoms with Crippen molar-refractivity contribution >= 4 is 11.9 Å². The molecule has 3 atom stereocenters. The number of carbonyl (C=O) groups excluding carboxylic acids is 2. The van der Waals surface area contributed by atoms with Crippen LogP contribution in [-0.2, 0) is 20.7 Å². The number of aryl methyl sites for hydroxylation is 1. The first kappa shape index (κ1) is 16.0. The molecule has 23 heavy (non-hydrogen) atoms. The van der Waals surface area contributed by atoms with Crippen LogP contribution in [0.2, 0.25) is 0 Å². The lowest BCUT2D eigenvalue weighted by Crippen LogP contribution is -2.23. The number of benzene rings is 1. The maximum atomic E-state index is 12.0. The highest BCUT2D eigenvalue weighted by molar-refractivity contribution is 5.77. The zero-order valence-corrected chi connectivity index (χ0v) is 14.4. The van der Waals surface area contributed by atoms with Gasteiger partial charge in [0, 0.05) is 11.5 Å². The first-order valence-corrected chi connectivity index (χ1v) is 8.36. The van der Waals surface area contributed by atoms with Crippen molar-refractivity contribution in [3.63, 3.8) is 0 Å². The van der Waals surface area contributed by atoms with Crippen molar-refractivity contribution in [2.24, 2.45) is 17.8 Å². The number of ether oxygens (including phenoxy) is 2. The number of rotatable bonds is 2. The van der Waals surface area contributed by atoms with E-state index in [0.717, 1.165) is 29.5 Å². The Morgan fingerprint density at radius 2 is 2.04 bits per heavy atom. The zero-order chi connectivity index (χ0) is 16.9. The predicted molar refractivity (Wildman–Crippen MR) is 86.2 cm³/mol. The van der Waals surface area contributed by atoms with Gasteiger partial charge in [-0.05, 0) is 49.4 Å². The average Bonchev–Trinajstić information content (AvgIpc) is 2.79. The molecular formula is C19H24O4. The minimum absolute atomic E-state index is 0.0604. The minimum Gasteiger partial charge on any atom is -0.457 e. The number of fused-ring (bicyclic) bond motifs is 3. The molecule has 1 heterocycles. The first-order valence-electron chi connectivity index (χ1n) is 8.36. The largest absolute Gasteiger partial charge is 0.457 e. The second-order valence-electron chi connectivity index (χ2n) is 7.13. The molecule has 1 fully saturated rings. The Bertz CT molecular complexity index is 674. The van der Waals surface area contributed by atoms with Crippen molar-refractivity contribution < 1.29 is 19.1 Å². The third-order valence-electron chi connectivity index (χ3n) is 5.26. The summed E-state index contributed by atoms with van der Waals surface area (Å²) in [6.45, 7) is 9.58. The predicted octanol–water partition coefficient (Wildman–Crippen LogP) is 3.66. The van der Waals surface area contributed by atoms with Crippen LogP contribution in [0.1, 0.15) is 55.5 Å². The molecule has 2 aliphatic rings. The number of hydrogen-bond donors (Lipinski definition) is 0. The summed E-state index contributed by atoms with van der Waals surface area (Å²) in [5, 5.41) is 0. The van der Waals surface area contributed by atoms with Gasteiger partial charge in [-0.15, -0.1) is 0 Å². The van der Waals surface area contributed by atoms with Gasteiger partial charge in [0.25, 0.3) is 0 Å². The van der Waals surface area contributed by atoms with Crippen LogP contribution < -0.4 is 4.74 Å². The topological polar surface area (TPSA) is 52.6 Å². The lowest BCUT2D eigenvalue weighted by molar-refractivity contribution is -0.144. The fourth-order valence-corrected chi connectivity index (χ4v) is 3.75. The van der Waals surface area contributed by atoms with Crippen LogP contribution in [0.25, 0.3) is 0 Å². The third-order valence-corrected chi connectivity index (χ3v) is 5.26. The van der Waals surface area contributed by atoms with E-state index < -0.39 is 0 Å². The Kier molecular flexibility index (Phi) is 3.95. The molecule has 1 aromatic carbocycles. The molecule has 0 aromatic heterocycles. The van der Waals surface area contributed by atoms with Gasteiger partial charge < -0.3 is 9.47 Å². The monoisotopic (exact) mass is 316 g/mol. The van der Waals surface area contributed by atoms with Gasteiger partial charge in [0.05, 0.1) is 11.8 Å². The summed E-state index contributed by atoms with van der Waals surface area (Å²) in [4.78, 5) is 24.0. The highest BCUT2D eigenvalue weighted by Gasteiger charge is 2.46. The summed E-state index contributed by atoms with van der Waals surface area (Å²) < 4.78 is 11.2. The van der Waals surface area contributed by atoms with E-state index in [1.807, 2.05) is 40.7 Å². The molecule has 124 valence electrons. The highest BCUT2D eigenvalue weighted by Crippen LogP contribution is 2.49. The van der Waals surface area contributed by atoms with E-state index in [4.69, 9.17) is 9.47 Å². The van der Waals surface area contributed by atoms with Crippen molar-refractivity contribution in [1.29, 1.82) is 0 Å². The average molecular weight is 316 g/mol. The molecule has 1 aliphatic heterocycles. The van der Waals surface area contributed by atoms with Gasteiger partial charge in [0.2, 0.25) is 0 Å². The van der Waals surface area contributed by atoms with Crippen molar-refractivity contribution in [3.8, 4) is 5.75 Å². The highest BCUT2D eigenvalue weighted by atomic mass is 16.6. The number of esters is 2. The molecular weight excluding hydrogens is 292 g/mol. The summed E-state index contributed by atoms with van der Waals surface area (Å²) in [7, 11) is 0. The van der Waals surface area contributed by atoms with Crippen LogP contribution in [0.3, 0.4) is 0 Å². The molecule has 0 N–H and O–H groups in total. The molecule has 0 unspecified atom stereocenters. The summed E-state index contributed by atoms with van der Waals surface area (Å²) in [5.74, 6) is 0.226. The Hall–Kier alpha value is -1.84. The second kappa shape index (κ2) is 5.66. The summed E-state index contributed by atoms with van der Waals surface area (Å²) in [6, 6.07) is 1.94. The maximum absolute atomic E-state index is 12.0. The molecule has 0 bridgehead atoms. The lowest BCUT2D eigenvalue weighted by atomic mass is 9.74. The van der Waals surface area contributed by atoms with E-state index in [1.54, 1.807) is 0 Å². The molecule has 1 saturated heterocycles. The van der Waals surface area contributed by atoms with Crippen LogP contribution >= 0.6 is 0 Å². The molecule has 0 radical (unpaired) electrons. The van der Waals surface area contributed by atoms with E-state index in [0.29, 0.717) is 5.75 Å². The molecule has 4 nitrogen and oxygen atoms in total. The smallest absolute Gasteiger partial charge is 0.313 e. The van der Waals surface area contributed by atoms with E-state index in [2.05, 4.69) is 0 Å². The van der Waals surface area contributed by atoms with Crippen LogP contribution in [0, 0.1) is 31.6 Å². The standard InChI is InChI=1S/C19H24O4/c1-9(2)18(20)22-15-8-10(3)13-6-7-14-11(4)19(21)23-17(14)16(13)12(15)5/h8-9,11,14,17H,6-7H2,1-5H3/t11-,14-,17+/m0/s1. The molecule has 4 heteroatoms. The Labute approximate surface area is 137 Å². The van der Waals surface area contributed by atoms with Gasteiger partial charge in [-0.25, -0.2) is 0 Å². The van der Waals surface area contributed by atoms with Crippen molar-refractivity contribution in [3.05, 3.63) is 28.3 Å². The molecule has 0 spiro atoms. The number of carbonyl (C=O) groups is 2. The normalized spacial score (nSPS) is 25.8. The fraction of sp³-hybridized carbons (Fsp3) is 0.579. The summed E-state index contributed by atoms with van der Waals surface area (Å²) in [6.07, 6.45) is 1.72. The second-order valence-corrected chi connectivity index (χ2v) is 7.13. The minimum atomic E-state index is -0.239. The van der Waals surface area contributed by atoms with E-state index >= 15 is 0 Å². The first-order chi connectivity index (χ1) is 10.8. The quantitative estimate of drug-likeness (QED) is 0.617. The van der Waals surface area contributed by atoms with E-state index in [-0.39, 0.29) is 35.8 Å². The third kappa shape index (κ3) is 2.54. The maximum Gasteiger partial charge on any atom is 0.313 e. The zero-order valence-electron chi connectivity index (χ0n) is 14.4. The van der Waals surface area contributed by atoms with Gasteiger partial charge in [-0.1, -0.05) is 20.8 Å². The van der Waals surface area contributed by atoms with E-state index in [1.165, 1.54) is 5.56 Å². The van der Waals surface area contributed by atoms with Gasteiger partial charge in [-0.3, -0.25) is 9.59 Å². The molecule has 0 saturated carbocycles. The fourth-order valence-electron chi connectivity index (χ4n) is 3.75. The van der Waals surface area contributed by atoms with Crippen LogP contribution in [0.5, 0.6) is 5.75 Å². The van der Waals surface area contributed by atoms with Crippen LogP contribution in [-0.4, -0.2) is 11.9 Å². The molecule has 1 aromatic rings. The van der Waals surface area contributed by atoms with Crippen molar-refractivity contribution in [2.75, 3.05) is 0 Å².